The number of benzene rings is 1. The number of sulfone groups is 1. The lowest BCUT2D eigenvalue weighted by molar-refractivity contribution is 0.0397. The number of aliphatic hydroxyl groups is 1. The van der Waals surface area contributed by atoms with Crippen LogP contribution in [0, 0.1) is 0 Å². The molecule has 1 aromatic heterocycles. The molecule has 0 saturated heterocycles. The average molecular weight is 406 g/mol. The maximum Gasteiger partial charge on any atom is 0.156 e. The Balaban J connectivity index is 2.21. The van der Waals surface area contributed by atoms with Gasteiger partial charge in [0.2, 0.25) is 0 Å². The summed E-state index contributed by atoms with van der Waals surface area (Å²) in [7, 11) is -3.09. The number of rotatable bonds is 7. The van der Waals surface area contributed by atoms with Crippen molar-refractivity contribution in [3.8, 4) is 0 Å². The van der Waals surface area contributed by atoms with Crippen molar-refractivity contribution in [2.24, 2.45) is 0 Å². The molecule has 22 heavy (non-hydrogen) atoms. The highest BCUT2D eigenvalue weighted by Gasteiger charge is 2.31. The van der Waals surface area contributed by atoms with Crippen LogP contribution in [0.2, 0.25) is 0 Å². The first-order valence-corrected chi connectivity index (χ1v) is 10.4. The molecule has 0 radical (unpaired) electrons. The van der Waals surface area contributed by atoms with Gasteiger partial charge in [-0.15, -0.1) is 11.8 Å². The minimum atomic E-state index is -3.09. The monoisotopic (exact) mass is 405 g/mol. The lowest BCUT2D eigenvalue weighted by Crippen LogP contribution is -2.34. The second-order valence-corrected chi connectivity index (χ2v) is 9.43. The Hall–Kier alpha value is -0.900. The Kier molecular flexibility index (Phi) is 5.65. The molecule has 1 aromatic carbocycles. The fourth-order valence-electron chi connectivity index (χ4n) is 1.92. The number of halogens is 1. The third kappa shape index (κ3) is 5.08. The zero-order chi connectivity index (χ0) is 16.2. The smallest absolute Gasteiger partial charge is 0.156 e. The zero-order valence-electron chi connectivity index (χ0n) is 11.9. The first kappa shape index (κ1) is 17.5. The molecular weight excluding hydrogens is 390 g/mol. The van der Waals surface area contributed by atoms with E-state index in [1.54, 1.807) is 0 Å². The Labute approximate surface area is 142 Å². The molecule has 6 nitrogen and oxygen atoms in total. The molecule has 0 saturated carbocycles. The van der Waals surface area contributed by atoms with E-state index in [9.17, 15) is 13.5 Å². The molecule has 1 heterocycles. The van der Waals surface area contributed by atoms with Gasteiger partial charge in [0, 0.05) is 16.5 Å². The number of nitrogens with zero attached hydrogens (tertiary/aromatic N) is 3. The molecule has 0 bridgehead atoms. The number of thioether (sulfide) groups is 1. The summed E-state index contributed by atoms with van der Waals surface area (Å²) < 4.78 is 25.0. The van der Waals surface area contributed by atoms with Gasteiger partial charge < -0.3 is 5.11 Å². The third-order valence-electron chi connectivity index (χ3n) is 2.91. The molecule has 120 valence electrons. The van der Waals surface area contributed by atoms with E-state index in [1.165, 1.54) is 35.4 Å². The number of hydrogen-bond donors (Lipinski definition) is 1. The highest BCUT2D eigenvalue weighted by atomic mass is 79.9. The van der Waals surface area contributed by atoms with E-state index in [2.05, 4.69) is 26.0 Å². The van der Waals surface area contributed by atoms with Crippen LogP contribution in [0.15, 0.2) is 41.4 Å². The predicted molar refractivity (Wildman–Crippen MR) is 90.2 cm³/mol. The maximum atomic E-state index is 11.3. The van der Waals surface area contributed by atoms with Gasteiger partial charge in [0.15, 0.2) is 9.84 Å². The zero-order valence-corrected chi connectivity index (χ0v) is 15.1. The van der Waals surface area contributed by atoms with E-state index in [-0.39, 0.29) is 17.4 Å². The SMILES string of the molecule is CS(=O)(=O)CSCC(O)(Cn1cncn1)c1ccc(Br)cc1. The lowest BCUT2D eigenvalue weighted by atomic mass is 9.96. The fourth-order valence-corrected chi connectivity index (χ4v) is 4.33. The van der Waals surface area contributed by atoms with Crippen LogP contribution >= 0.6 is 27.7 Å². The Bertz CT molecular complexity index is 705. The van der Waals surface area contributed by atoms with Crippen LogP contribution in [0.4, 0.5) is 0 Å². The van der Waals surface area contributed by atoms with Gasteiger partial charge in [-0.25, -0.2) is 18.1 Å². The standard InChI is InChI=1S/C13H16BrN3O3S2/c1-22(19,20)10-21-7-13(18,6-17-9-15-8-16-17)11-2-4-12(14)5-3-11/h2-5,8-9,18H,6-7,10H2,1H3. The van der Waals surface area contributed by atoms with Crippen molar-refractivity contribution >= 4 is 37.5 Å². The summed E-state index contributed by atoms with van der Waals surface area (Å²) in [6.07, 6.45) is 4.09. The average Bonchev–Trinajstić information content (AvgIpc) is 2.90. The fraction of sp³-hybridized carbons (Fsp3) is 0.385. The molecule has 9 heteroatoms. The topological polar surface area (TPSA) is 85.1 Å². The van der Waals surface area contributed by atoms with Gasteiger partial charge in [-0.1, -0.05) is 28.1 Å². The van der Waals surface area contributed by atoms with Crippen LogP contribution in [0.1, 0.15) is 5.56 Å². The summed E-state index contributed by atoms with van der Waals surface area (Å²) in [4.78, 5) is 3.86. The van der Waals surface area contributed by atoms with Crippen LogP contribution < -0.4 is 0 Å². The summed E-state index contributed by atoms with van der Waals surface area (Å²) in [6.45, 7) is 0.200. The first-order chi connectivity index (χ1) is 10.3. The molecule has 0 aliphatic rings. The molecule has 1 atom stereocenters. The quantitative estimate of drug-likeness (QED) is 0.753. The maximum absolute atomic E-state index is 11.3. The molecular formula is C13H16BrN3O3S2. The second-order valence-electron chi connectivity index (χ2n) is 5.02. The van der Waals surface area contributed by atoms with E-state index in [4.69, 9.17) is 0 Å². The molecule has 1 unspecified atom stereocenters. The van der Waals surface area contributed by atoms with Gasteiger partial charge in [-0.05, 0) is 17.7 Å². The van der Waals surface area contributed by atoms with Gasteiger partial charge in [0.05, 0.1) is 11.6 Å². The predicted octanol–water partition coefficient (Wildman–Crippen LogP) is 1.66. The van der Waals surface area contributed by atoms with Crippen molar-refractivity contribution in [3.63, 3.8) is 0 Å². The molecule has 0 amide bonds. The summed E-state index contributed by atoms with van der Waals surface area (Å²) in [6, 6.07) is 7.29. The largest absolute Gasteiger partial charge is 0.382 e. The van der Waals surface area contributed by atoms with Gasteiger partial charge in [-0.2, -0.15) is 5.10 Å². The first-order valence-electron chi connectivity index (χ1n) is 6.35. The lowest BCUT2D eigenvalue weighted by Gasteiger charge is -2.28. The van der Waals surface area contributed by atoms with Gasteiger partial charge in [0.25, 0.3) is 0 Å². The molecule has 0 aliphatic carbocycles. The third-order valence-corrected chi connectivity index (χ3v) is 6.50. The van der Waals surface area contributed by atoms with Crippen molar-refractivity contribution in [2.45, 2.75) is 12.1 Å². The van der Waals surface area contributed by atoms with E-state index in [1.807, 2.05) is 24.3 Å². The molecule has 0 spiro atoms. The van der Waals surface area contributed by atoms with Crippen molar-refractivity contribution in [1.82, 2.24) is 14.8 Å². The minimum absolute atomic E-state index is 0.0385. The van der Waals surface area contributed by atoms with Crippen molar-refractivity contribution in [1.29, 1.82) is 0 Å². The summed E-state index contributed by atoms with van der Waals surface area (Å²) >= 11 is 4.53. The van der Waals surface area contributed by atoms with E-state index in [0.717, 1.165) is 4.47 Å². The molecule has 0 aliphatic heterocycles. The molecule has 2 rings (SSSR count). The van der Waals surface area contributed by atoms with Gasteiger partial charge >= 0.3 is 0 Å². The van der Waals surface area contributed by atoms with Crippen LogP contribution in [0.5, 0.6) is 0 Å². The second kappa shape index (κ2) is 7.12. The molecule has 2 aromatic rings. The highest BCUT2D eigenvalue weighted by Crippen LogP contribution is 2.29. The summed E-state index contributed by atoms with van der Waals surface area (Å²) in [5, 5.41) is 15.0. The van der Waals surface area contributed by atoms with Crippen LogP contribution in [-0.2, 0) is 22.0 Å². The van der Waals surface area contributed by atoms with Crippen LogP contribution in [-0.4, -0.2) is 45.4 Å². The van der Waals surface area contributed by atoms with Crippen molar-refractivity contribution in [3.05, 3.63) is 47.0 Å². The highest BCUT2D eigenvalue weighted by molar-refractivity contribution is 9.10. The van der Waals surface area contributed by atoms with Crippen molar-refractivity contribution < 1.29 is 13.5 Å². The molecule has 1 N–H and O–H groups in total. The Morgan fingerprint density at radius 2 is 2.05 bits per heavy atom. The number of hydrogen-bond acceptors (Lipinski definition) is 6. The van der Waals surface area contributed by atoms with Crippen LogP contribution in [0.3, 0.4) is 0 Å². The van der Waals surface area contributed by atoms with Crippen LogP contribution in [0.25, 0.3) is 0 Å². The van der Waals surface area contributed by atoms with Gasteiger partial charge in [0.1, 0.15) is 18.3 Å². The summed E-state index contributed by atoms with van der Waals surface area (Å²) in [5.41, 5.74) is -0.531. The normalized spacial score (nSPS) is 14.7. The Morgan fingerprint density at radius 3 is 2.59 bits per heavy atom. The summed E-state index contributed by atoms with van der Waals surface area (Å²) in [5.74, 6) is 0.238. The van der Waals surface area contributed by atoms with E-state index in [0.29, 0.717) is 5.56 Å². The Morgan fingerprint density at radius 1 is 1.36 bits per heavy atom. The van der Waals surface area contributed by atoms with Crippen molar-refractivity contribution in [2.75, 3.05) is 17.1 Å². The number of aromatic nitrogens is 3. The molecule has 0 fully saturated rings. The van der Waals surface area contributed by atoms with E-state index < -0.39 is 15.4 Å². The van der Waals surface area contributed by atoms with E-state index >= 15 is 0 Å². The minimum Gasteiger partial charge on any atom is -0.382 e. The van der Waals surface area contributed by atoms with Gasteiger partial charge in [-0.3, -0.25) is 0 Å².